The number of hydrogen-bond acceptors (Lipinski definition) is 3. The fraction of sp³-hybridized carbons (Fsp3) is 0.0698. The molecule has 0 spiro atoms. The van der Waals surface area contributed by atoms with Crippen molar-refractivity contribution in [2.24, 2.45) is 0 Å². The molecular weight excluding hydrogens is 672 g/mol. The number of rotatable bonds is 5. The third kappa shape index (κ3) is 5.35. The maximum Gasteiger partial charge on any atom is 0.266 e. The first-order valence-electron chi connectivity index (χ1n) is 16.2. The van der Waals surface area contributed by atoms with Crippen LogP contribution in [0.5, 0.6) is 0 Å². The van der Waals surface area contributed by atoms with E-state index in [0.29, 0.717) is 28.3 Å². The van der Waals surface area contributed by atoms with E-state index in [4.69, 9.17) is 4.74 Å². The van der Waals surface area contributed by atoms with Crippen LogP contribution in [-0.4, -0.2) is 11.8 Å². The van der Waals surface area contributed by atoms with Crippen molar-refractivity contribution in [3.63, 3.8) is 0 Å². The van der Waals surface area contributed by atoms with E-state index < -0.39 is 11.8 Å². The van der Waals surface area contributed by atoms with Crippen LogP contribution >= 0.6 is 15.9 Å². The fourth-order valence-corrected chi connectivity index (χ4v) is 7.48. The van der Waals surface area contributed by atoms with Gasteiger partial charge in [0.2, 0.25) is 5.72 Å². The van der Waals surface area contributed by atoms with Gasteiger partial charge < -0.3 is 4.74 Å². The normalized spacial score (nSPS) is 18.6. The van der Waals surface area contributed by atoms with Gasteiger partial charge >= 0.3 is 0 Å². The number of anilines is 2. The lowest BCUT2D eigenvalue weighted by Gasteiger charge is -2.48. The maximum atomic E-state index is 15.6. The highest BCUT2D eigenvalue weighted by Gasteiger charge is 2.56. The van der Waals surface area contributed by atoms with Gasteiger partial charge in [0.25, 0.3) is 11.8 Å². The lowest BCUT2D eigenvalue weighted by molar-refractivity contribution is -0.120. The molecule has 2 heterocycles. The van der Waals surface area contributed by atoms with Crippen LogP contribution in [0, 0.1) is 0 Å². The Morgan fingerprint density at radius 2 is 1.22 bits per heavy atom. The fourth-order valence-electron chi connectivity index (χ4n) is 7.06. The molecule has 0 N–H and O–H groups in total. The van der Waals surface area contributed by atoms with Gasteiger partial charge in [-0.1, -0.05) is 149 Å². The highest BCUT2D eigenvalue weighted by Crippen LogP contribution is 2.56. The predicted octanol–water partition coefficient (Wildman–Crippen LogP) is 10.0. The highest BCUT2D eigenvalue weighted by molar-refractivity contribution is 9.10. The number of carbonyl (C=O) groups is 2. The number of fused-ring (bicyclic) bond motifs is 3. The van der Waals surface area contributed by atoms with Crippen LogP contribution in [0.4, 0.5) is 11.4 Å². The molecule has 6 heteroatoms. The predicted molar refractivity (Wildman–Crippen MR) is 198 cm³/mol. The minimum atomic E-state index is -1.35. The SMILES string of the molecule is O=C(c1ccccc1)N1c2ccccc2N2C(=O)C(c3ccccc3)=C(c3ccccc3)O[C@@]2(c2ccccc2)C[C@@H]1c1cccc(Br)c1. The first-order valence-corrected chi connectivity index (χ1v) is 17.0. The molecule has 0 unspecified atom stereocenters. The van der Waals surface area contributed by atoms with E-state index in [1.54, 1.807) is 4.90 Å². The molecule has 6 aromatic carbocycles. The Bertz CT molecular complexity index is 2190. The number of amides is 2. The molecule has 0 bridgehead atoms. The zero-order valence-corrected chi connectivity index (χ0v) is 28.0. The molecule has 2 aliphatic heterocycles. The lowest BCUT2D eigenvalue weighted by Crippen LogP contribution is -2.55. The Kier molecular flexibility index (Phi) is 7.94. The summed E-state index contributed by atoms with van der Waals surface area (Å²) in [6.45, 7) is 0. The summed E-state index contributed by atoms with van der Waals surface area (Å²) < 4.78 is 8.36. The molecule has 2 atom stereocenters. The van der Waals surface area contributed by atoms with Gasteiger partial charge in [0.05, 0.1) is 23.0 Å². The van der Waals surface area contributed by atoms with E-state index in [1.165, 1.54) is 0 Å². The number of ether oxygens (including phenoxy) is 1. The zero-order chi connectivity index (χ0) is 33.4. The Labute approximate surface area is 293 Å². The number of hydrogen-bond donors (Lipinski definition) is 0. The molecule has 6 aromatic rings. The number of carbonyl (C=O) groups excluding carboxylic acids is 2. The second-order valence-corrected chi connectivity index (χ2v) is 13.0. The van der Waals surface area contributed by atoms with E-state index in [9.17, 15) is 4.79 Å². The molecule has 2 amide bonds. The first-order chi connectivity index (χ1) is 24.0. The van der Waals surface area contributed by atoms with Gasteiger partial charge in [-0.3, -0.25) is 19.4 Å². The quantitative estimate of drug-likeness (QED) is 0.180. The highest BCUT2D eigenvalue weighted by atomic mass is 79.9. The molecule has 0 saturated carbocycles. The standard InChI is InChI=1S/C43H31BrN2O3/c44-35-25-15-22-33(28-35)38-29-43(34-23-11-4-12-24-34)46(37-27-14-13-26-36(37)45(38)41(47)32-20-9-3-10-21-32)42(48)39(30-16-5-1-6-17-30)40(49-43)31-18-7-2-8-19-31/h1-28,38H,29H2/t38-,43-/m1/s1. The van der Waals surface area contributed by atoms with Crippen LogP contribution in [0.1, 0.15) is 45.1 Å². The van der Waals surface area contributed by atoms with E-state index in [2.05, 4.69) is 15.9 Å². The van der Waals surface area contributed by atoms with Crippen molar-refractivity contribution in [2.45, 2.75) is 18.2 Å². The molecule has 0 aliphatic carbocycles. The Morgan fingerprint density at radius 3 is 1.88 bits per heavy atom. The second-order valence-electron chi connectivity index (χ2n) is 12.1. The van der Waals surface area contributed by atoms with Gasteiger partial charge in [0.1, 0.15) is 5.76 Å². The van der Waals surface area contributed by atoms with Gasteiger partial charge in [-0.15, -0.1) is 0 Å². The van der Waals surface area contributed by atoms with Crippen molar-refractivity contribution in [2.75, 3.05) is 9.80 Å². The largest absolute Gasteiger partial charge is 0.462 e. The average Bonchev–Trinajstić information content (AvgIpc) is 3.29. The topological polar surface area (TPSA) is 49.9 Å². The average molecular weight is 704 g/mol. The smallest absolute Gasteiger partial charge is 0.266 e. The second kappa shape index (κ2) is 12.7. The van der Waals surface area contributed by atoms with Crippen LogP contribution < -0.4 is 9.80 Å². The molecule has 2 aliphatic rings. The van der Waals surface area contributed by atoms with Crippen molar-refractivity contribution < 1.29 is 14.3 Å². The van der Waals surface area contributed by atoms with Gasteiger partial charge in [-0.25, -0.2) is 0 Å². The number of para-hydroxylation sites is 2. The third-order valence-electron chi connectivity index (χ3n) is 9.24. The van der Waals surface area contributed by atoms with Gasteiger partial charge in [0.15, 0.2) is 0 Å². The summed E-state index contributed by atoms with van der Waals surface area (Å²) in [5.74, 6) is 0.105. The summed E-state index contributed by atoms with van der Waals surface area (Å²) >= 11 is 3.69. The van der Waals surface area contributed by atoms with E-state index in [1.807, 2.05) is 175 Å². The summed E-state index contributed by atoms with van der Waals surface area (Å²) in [7, 11) is 0. The minimum Gasteiger partial charge on any atom is -0.462 e. The van der Waals surface area contributed by atoms with E-state index in [-0.39, 0.29) is 18.2 Å². The minimum absolute atomic E-state index is 0.173. The number of nitrogens with zero attached hydrogens (tertiary/aromatic N) is 2. The summed E-state index contributed by atoms with van der Waals surface area (Å²) in [6.07, 6.45) is 0.241. The molecule has 238 valence electrons. The Hall–Kier alpha value is -5.72. The summed E-state index contributed by atoms with van der Waals surface area (Å²) in [5.41, 5.74) is 4.09. The van der Waals surface area contributed by atoms with Crippen LogP contribution in [0.25, 0.3) is 11.3 Å². The molecule has 0 radical (unpaired) electrons. The van der Waals surface area contributed by atoms with Gasteiger partial charge in [0, 0.05) is 27.6 Å². The van der Waals surface area contributed by atoms with Crippen molar-refractivity contribution in [1.82, 2.24) is 0 Å². The zero-order valence-electron chi connectivity index (χ0n) is 26.4. The summed E-state index contributed by atoms with van der Waals surface area (Å²) in [5, 5.41) is 0. The first kappa shape index (κ1) is 30.6. The lowest BCUT2D eigenvalue weighted by atomic mass is 9.86. The third-order valence-corrected chi connectivity index (χ3v) is 9.73. The van der Waals surface area contributed by atoms with Gasteiger partial charge in [-0.2, -0.15) is 0 Å². The van der Waals surface area contributed by atoms with Gasteiger partial charge in [-0.05, 0) is 47.5 Å². The molecular formula is C43H31BrN2O3. The molecule has 0 fully saturated rings. The van der Waals surface area contributed by atoms with Crippen LogP contribution in [-0.2, 0) is 15.3 Å². The molecule has 0 aromatic heterocycles. The maximum absolute atomic E-state index is 15.6. The van der Waals surface area contributed by atoms with E-state index >= 15 is 4.79 Å². The van der Waals surface area contributed by atoms with Crippen molar-refractivity contribution >= 4 is 50.5 Å². The summed E-state index contributed by atoms with van der Waals surface area (Å²) in [6, 6.07) is 53.8. The summed E-state index contributed by atoms with van der Waals surface area (Å²) in [4.78, 5) is 34.0. The number of halogens is 1. The Balaban J connectivity index is 1.47. The molecule has 49 heavy (non-hydrogen) atoms. The monoisotopic (exact) mass is 702 g/mol. The molecule has 8 rings (SSSR count). The van der Waals surface area contributed by atoms with Crippen LogP contribution in [0.2, 0.25) is 0 Å². The van der Waals surface area contributed by atoms with Crippen molar-refractivity contribution in [3.05, 3.63) is 202 Å². The van der Waals surface area contributed by atoms with Crippen LogP contribution in [0.15, 0.2) is 174 Å². The molecule has 5 nitrogen and oxygen atoms in total. The molecule has 0 saturated heterocycles. The van der Waals surface area contributed by atoms with Crippen molar-refractivity contribution in [3.8, 4) is 0 Å². The van der Waals surface area contributed by atoms with Crippen molar-refractivity contribution in [1.29, 1.82) is 0 Å². The Morgan fingerprint density at radius 1 is 0.653 bits per heavy atom. The van der Waals surface area contributed by atoms with E-state index in [0.717, 1.165) is 26.7 Å². The number of benzene rings is 6. The van der Waals surface area contributed by atoms with Crippen LogP contribution in [0.3, 0.4) is 0 Å².